The van der Waals surface area contributed by atoms with Crippen LogP contribution >= 0.6 is 0 Å². The first-order valence-corrected chi connectivity index (χ1v) is 5.16. The summed E-state index contributed by atoms with van der Waals surface area (Å²) in [6, 6.07) is 0. The molecule has 16 heavy (non-hydrogen) atoms. The molecule has 2 N–H and O–H groups in total. The topological polar surface area (TPSA) is 74.7 Å². The van der Waals surface area contributed by atoms with Crippen molar-refractivity contribution in [2.45, 2.75) is 12.5 Å². The Morgan fingerprint density at radius 3 is 3.31 bits per heavy atom. The maximum atomic E-state index is 5.73. The van der Waals surface area contributed by atoms with Crippen molar-refractivity contribution in [1.82, 2.24) is 14.4 Å². The second-order valence-corrected chi connectivity index (χ2v) is 3.73. The lowest BCUT2D eigenvalue weighted by Crippen LogP contribution is -2.17. The van der Waals surface area contributed by atoms with Crippen LogP contribution in [0.2, 0.25) is 0 Å². The van der Waals surface area contributed by atoms with Crippen molar-refractivity contribution in [2.75, 3.05) is 18.9 Å². The number of ether oxygens (including phenoxy) is 2. The summed E-state index contributed by atoms with van der Waals surface area (Å²) >= 11 is 0. The highest BCUT2D eigenvalue weighted by molar-refractivity contribution is 5.52. The van der Waals surface area contributed by atoms with Gasteiger partial charge in [0.15, 0.2) is 0 Å². The summed E-state index contributed by atoms with van der Waals surface area (Å²) in [6.45, 7) is 1.33. The zero-order chi connectivity index (χ0) is 11.0. The van der Waals surface area contributed by atoms with Gasteiger partial charge in [-0.25, -0.2) is 4.98 Å². The third-order valence-electron chi connectivity index (χ3n) is 2.53. The van der Waals surface area contributed by atoms with Crippen molar-refractivity contribution < 1.29 is 9.47 Å². The van der Waals surface area contributed by atoms with Gasteiger partial charge in [-0.1, -0.05) is 0 Å². The molecule has 0 radical (unpaired) electrons. The molecule has 1 aliphatic rings. The van der Waals surface area contributed by atoms with Crippen molar-refractivity contribution in [1.29, 1.82) is 0 Å². The maximum Gasteiger partial charge on any atom is 0.260 e. The Hall–Kier alpha value is -1.82. The van der Waals surface area contributed by atoms with E-state index in [0.717, 1.165) is 13.0 Å². The number of fused-ring (bicyclic) bond motifs is 1. The van der Waals surface area contributed by atoms with Crippen molar-refractivity contribution >= 4 is 11.5 Å². The zero-order valence-corrected chi connectivity index (χ0v) is 8.67. The molecule has 1 unspecified atom stereocenters. The molecule has 3 heterocycles. The standard InChI is InChI=1S/C10H12N4O2/c11-8-5-14-3-2-12-9(14)10(13-8)16-7-1-4-15-6-7/h2-3,5,7H,1,4,6,11H2. The molecule has 2 aromatic rings. The molecule has 0 spiro atoms. The van der Waals surface area contributed by atoms with Gasteiger partial charge in [0.25, 0.3) is 5.88 Å². The molecule has 3 rings (SSSR count). The molecule has 0 aromatic carbocycles. The van der Waals surface area contributed by atoms with E-state index in [-0.39, 0.29) is 6.10 Å². The van der Waals surface area contributed by atoms with Crippen LogP contribution in [0.15, 0.2) is 18.6 Å². The summed E-state index contributed by atoms with van der Waals surface area (Å²) in [7, 11) is 0. The van der Waals surface area contributed by atoms with Crippen LogP contribution in [0, 0.1) is 0 Å². The van der Waals surface area contributed by atoms with E-state index in [1.165, 1.54) is 0 Å². The smallest absolute Gasteiger partial charge is 0.260 e. The van der Waals surface area contributed by atoms with E-state index in [1.54, 1.807) is 16.8 Å². The number of nitrogens with zero attached hydrogens (tertiary/aromatic N) is 3. The number of nitrogen functional groups attached to an aromatic ring is 1. The van der Waals surface area contributed by atoms with Crippen LogP contribution in [0.4, 0.5) is 5.82 Å². The van der Waals surface area contributed by atoms with Crippen molar-refractivity contribution in [3.8, 4) is 5.88 Å². The predicted octanol–water partition coefficient (Wildman–Crippen LogP) is 0.479. The van der Waals surface area contributed by atoms with Crippen LogP contribution in [0.5, 0.6) is 5.88 Å². The fourth-order valence-corrected chi connectivity index (χ4v) is 1.76. The molecule has 84 valence electrons. The number of rotatable bonds is 2. The maximum absolute atomic E-state index is 5.73. The lowest BCUT2D eigenvalue weighted by Gasteiger charge is -2.11. The first-order valence-electron chi connectivity index (χ1n) is 5.16. The summed E-state index contributed by atoms with van der Waals surface area (Å²) in [5.74, 6) is 0.889. The molecule has 1 saturated heterocycles. The van der Waals surface area contributed by atoms with Crippen LogP contribution in [-0.4, -0.2) is 33.7 Å². The minimum Gasteiger partial charge on any atom is -0.469 e. The highest BCUT2D eigenvalue weighted by Crippen LogP contribution is 2.20. The Morgan fingerprint density at radius 1 is 1.56 bits per heavy atom. The third-order valence-corrected chi connectivity index (χ3v) is 2.53. The Morgan fingerprint density at radius 2 is 2.50 bits per heavy atom. The fraction of sp³-hybridized carbons (Fsp3) is 0.400. The molecule has 1 fully saturated rings. The summed E-state index contributed by atoms with van der Waals surface area (Å²) in [6.07, 6.45) is 6.14. The lowest BCUT2D eigenvalue weighted by molar-refractivity contribution is 0.139. The number of hydrogen-bond acceptors (Lipinski definition) is 5. The molecular formula is C10H12N4O2. The molecular weight excluding hydrogens is 208 g/mol. The van der Waals surface area contributed by atoms with Crippen LogP contribution < -0.4 is 10.5 Å². The van der Waals surface area contributed by atoms with Gasteiger partial charge < -0.3 is 15.2 Å². The van der Waals surface area contributed by atoms with E-state index in [4.69, 9.17) is 15.2 Å². The van der Waals surface area contributed by atoms with Gasteiger partial charge in [-0.3, -0.25) is 4.40 Å². The van der Waals surface area contributed by atoms with E-state index in [9.17, 15) is 0 Å². The van der Waals surface area contributed by atoms with Crippen molar-refractivity contribution in [2.24, 2.45) is 0 Å². The molecule has 0 saturated carbocycles. The van der Waals surface area contributed by atoms with Crippen LogP contribution in [0.1, 0.15) is 6.42 Å². The average molecular weight is 220 g/mol. The van der Waals surface area contributed by atoms with E-state index < -0.39 is 0 Å². The van der Waals surface area contributed by atoms with Crippen molar-refractivity contribution in [3.05, 3.63) is 18.6 Å². The normalized spacial score (nSPS) is 20.4. The summed E-state index contributed by atoms with van der Waals surface area (Å²) in [5.41, 5.74) is 6.37. The van der Waals surface area contributed by atoms with Gasteiger partial charge in [0.2, 0.25) is 5.65 Å². The van der Waals surface area contributed by atoms with E-state index in [0.29, 0.717) is 24.0 Å². The summed E-state index contributed by atoms with van der Waals surface area (Å²) in [4.78, 5) is 8.33. The van der Waals surface area contributed by atoms with Gasteiger partial charge in [0.1, 0.15) is 11.9 Å². The van der Waals surface area contributed by atoms with Gasteiger partial charge in [-0.2, -0.15) is 4.98 Å². The zero-order valence-electron chi connectivity index (χ0n) is 8.67. The Kier molecular flexibility index (Phi) is 2.14. The Labute approximate surface area is 92.0 Å². The molecule has 0 bridgehead atoms. The highest BCUT2D eigenvalue weighted by atomic mass is 16.5. The molecule has 6 heteroatoms. The minimum absolute atomic E-state index is 0.0507. The van der Waals surface area contributed by atoms with Gasteiger partial charge >= 0.3 is 0 Å². The van der Waals surface area contributed by atoms with Gasteiger partial charge in [0.05, 0.1) is 19.4 Å². The number of nitrogens with two attached hydrogens (primary N) is 1. The Balaban J connectivity index is 1.97. The molecule has 0 aliphatic carbocycles. The highest BCUT2D eigenvalue weighted by Gasteiger charge is 2.19. The number of aromatic nitrogens is 3. The quantitative estimate of drug-likeness (QED) is 0.796. The molecule has 1 atom stereocenters. The number of imidazole rings is 1. The minimum atomic E-state index is 0.0507. The summed E-state index contributed by atoms with van der Waals surface area (Å²) in [5, 5.41) is 0. The van der Waals surface area contributed by atoms with Crippen molar-refractivity contribution in [3.63, 3.8) is 0 Å². The third kappa shape index (κ3) is 1.57. The molecule has 1 aliphatic heterocycles. The second kappa shape index (κ2) is 3.64. The Bertz CT molecular complexity index is 504. The summed E-state index contributed by atoms with van der Waals surface area (Å²) < 4.78 is 12.8. The monoisotopic (exact) mass is 220 g/mol. The van der Waals surface area contributed by atoms with E-state index in [1.807, 2.05) is 6.20 Å². The first-order chi connectivity index (χ1) is 7.83. The predicted molar refractivity (Wildman–Crippen MR) is 57.3 cm³/mol. The van der Waals surface area contributed by atoms with E-state index in [2.05, 4.69) is 9.97 Å². The molecule has 0 amide bonds. The largest absolute Gasteiger partial charge is 0.469 e. The fourth-order valence-electron chi connectivity index (χ4n) is 1.76. The second-order valence-electron chi connectivity index (χ2n) is 3.73. The average Bonchev–Trinajstić information content (AvgIpc) is 2.87. The number of hydrogen-bond donors (Lipinski definition) is 1. The molecule has 6 nitrogen and oxygen atoms in total. The van der Waals surface area contributed by atoms with Gasteiger partial charge in [-0.15, -0.1) is 0 Å². The van der Waals surface area contributed by atoms with Crippen LogP contribution in [0.25, 0.3) is 5.65 Å². The molecule has 2 aromatic heterocycles. The van der Waals surface area contributed by atoms with Gasteiger partial charge in [0, 0.05) is 18.8 Å². The van der Waals surface area contributed by atoms with E-state index >= 15 is 0 Å². The lowest BCUT2D eigenvalue weighted by atomic mass is 10.3. The van der Waals surface area contributed by atoms with Gasteiger partial charge in [-0.05, 0) is 0 Å². The number of anilines is 1. The SMILES string of the molecule is Nc1cn2ccnc2c(OC2CCOC2)n1. The first kappa shape index (κ1) is 9.41. The van der Waals surface area contributed by atoms with Crippen LogP contribution in [-0.2, 0) is 4.74 Å². The van der Waals surface area contributed by atoms with Crippen LogP contribution in [0.3, 0.4) is 0 Å².